The molecule has 0 saturated carbocycles. The Balaban J connectivity index is 0.000000238. The van der Waals surface area contributed by atoms with Gasteiger partial charge in [0.05, 0.1) is 17.0 Å². The zero-order chi connectivity index (χ0) is 53.9. The second-order valence-electron chi connectivity index (χ2n) is 19.1. The number of carboxylic acid groups (broad SMARTS) is 1. The number of ether oxygens (including phenoxy) is 2. The molecule has 4 aliphatic rings. The number of hydrogen-bond acceptors (Lipinski definition) is 12. The van der Waals surface area contributed by atoms with E-state index in [1.165, 1.54) is 18.2 Å². The summed E-state index contributed by atoms with van der Waals surface area (Å²) in [7, 11) is -3.46. The molecule has 4 amide bonds. The normalized spacial score (nSPS) is 20.0. The summed E-state index contributed by atoms with van der Waals surface area (Å²) >= 11 is 0. The van der Waals surface area contributed by atoms with Crippen molar-refractivity contribution >= 4 is 46.1 Å². The van der Waals surface area contributed by atoms with Gasteiger partial charge in [0.25, 0.3) is 12.4 Å². The molecular weight excluding hydrogens is 995 g/mol. The molecule has 4 heterocycles. The average molecular weight is 1050 g/mol. The van der Waals surface area contributed by atoms with Gasteiger partial charge in [0.2, 0.25) is 11.8 Å². The fourth-order valence-corrected chi connectivity index (χ4v) is 9.81. The van der Waals surface area contributed by atoms with E-state index in [0.29, 0.717) is 56.7 Å². The van der Waals surface area contributed by atoms with Crippen molar-refractivity contribution in [2.24, 2.45) is 17.6 Å². The monoisotopic (exact) mass is 1050 g/mol. The summed E-state index contributed by atoms with van der Waals surface area (Å²) in [6.07, 6.45) is 2.93. The first-order valence-corrected chi connectivity index (χ1v) is 25.0. The summed E-state index contributed by atoms with van der Waals surface area (Å²) in [6.45, 7) is 8.71. The Morgan fingerprint density at radius 1 is 0.808 bits per heavy atom. The SMILES string of the molecule is CC(C)(C)OC(=O)N[C@@H](CC(=O)N1CC[C@H]2CNC[C@H]21)Cc1cc(F)c(F)cc1F.CS(=O)(=O)c1cccc(C(=O)N2C[C@@H]3CCN(C(=O)C[C@H](N)Cc4cc(F)c(F)cc4F)[C@@H]3C2)c1.O=CO/C=C/C(=O)O. The first kappa shape index (κ1) is 57.4. The van der Waals surface area contributed by atoms with Gasteiger partial charge in [-0.25, -0.2) is 44.3 Å². The number of likely N-dealkylation sites (tertiary alicyclic amines) is 3. The fourth-order valence-electron chi connectivity index (χ4n) is 9.15. The van der Waals surface area contributed by atoms with E-state index < -0.39 is 74.5 Å². The van der Waals surface area contributed by atoms with E-state index in [9.17, 15) is 63.5 Å². The molecule has 3 aromatic rings. The molecule has 24 heteroatoms. The van der Waals surface area contributed by atoms with E-state index in [2.05, 4.69) is 15.4 Å². The quantitative estimate of drug-likeness (QED) is 0.0567. The number of carboxylic acids is 1. The molecule has 4 saturated heterocycles. The fraction of sp³-hybridized carbons (Fsp3) is 0.469. The highest BCUT2D eigenvalue weighted by atomic mass is 32.2. The molecule has 7 rings (SSSR count). The molecule has 6 atom stereocenters. The Hall–Kier alpha value is -6.53. The number of nitrogens with zero attached hydrogens (tertiary/aromatic N) is 3. The van der Waals surface area contributed by atoms with Crippen LogP contribution in [0, 0.1) is 46.7 Å². The molecule has 0 aliphatic carbocycles. The van der Waals surface area contributed by atoms with Crippen molar-refractivity contribution in [1.29, 1.82) is 0 Å². The van der Waals surface area contributed by atoms with Gasteiger partial charge >= 0.3 is 12.1 Å². The second kappa shape index (κ2) is 24.9. The number of hydrogen-bond donors (Lipinski definition) is 4. The molecule has 0 aromatic heterocycles. The number of carbonyl (C=O) groups excluding carboxylic acids is 5. The number of amides is 4. The van der Waals surface area contributed by atoms with Gasteiger partial charge in [-0.1, -0.05) is 6.07 Å². The maximum Gasteiger partial charge on any atom is 0.407 e. The summed E-state index contributed by atoms with van der Waals surface area (Å²) in [6, 6.07) is 6.58. The Morgan fingerprint density at radius 3 is 1.97 bits per heavy atom. The number of sulfone groups is 1. The van der Waals surface area contributed by atoms with Crippen LogP contribution in [-0.2, 0) is 51.3 Å². The second-order valence-corrected chi connectivity index (χ2v) is 21.1. The van der Waals surface area contributed by atoms with E-state index in [1.807, 2.05) is 0 Å². The topological polar surface area (TPSA) is 235 Å². The third-order valence-corrected chi connectivity index (χ3v) is 13.6. The van der Waals surface area contributed by atoms with Crippen molar-refractivity contribution in [2.75, 3.05) is 45.5 Å². The van der Waals surface area contributed by atoms with Crippen LogP contribution in [0.25, 0.3) is 0 Å². The number of fused-ring (bicyclic) bond motifs is 2. The Kier molecular flexibility index (Phi) is 19.6. The Labute approximate surface area is 417 Å². The van der Waals surface area contributed by atoms with Crippen LogP contribution < -0.4 is 16.4 Å². The predicted octanol–water partition coefficient (Wildman–Crippen LogP) is 4.65. The lowest BCUT2D eigenvalue weighted by atomic mass is 10.0. The van der Waals surface area contributed by atoms with E-state index >= 15 is 0 Å². The Bertz CT molecular complexity index is 2670. The third-order valence-electron chi connectivity index (χ3n) is 12.5. The van der Waals surface area contributed by atoms with Crippen molar-refractivity contribution < 1.29 is 78.1 Å². The van der Waals surface area contributed by atoms with Crippen molar-refractivity contribution in [2.45, 2.75) is 94.0 Å². The van der Waals surface area contributed by atoms with Gasteiger partial charge in [-0.3, -0.25) is 19.2 Å². The molecule has 0 radical (unpaired) electrons. The highest BCUT2D eigenvalue weighted by Gasteiger charge is 2.45. The lowest BCUT2D eigenvalue weighted by molar-refractivity contribution is -0.133. The highest BCUT2D eigenvalue weighted by molar-refractivity contribution is 7.90. The van der Waals surface area contributed by atoms with E-state index in [-0.39, 0.29) is 89.5 Å². The highest BCUT2D eigenvalue weighted by Crippen LogP contribution is 2.33. The van der Waals surface area contributed by atoms with Gasteiger partial charge in [-0.2, -0.15) is 0 Å². The maximum atomic E-state index is 14.2. The minimum Gasteiger partial charge on any atom is -0.478 e. The summed E-state index contributed by atoms with van der Waals surface area (Å²) in [5, 5.41) is 13.7. The molecule has 0 unspecified atom stereocenters. The van der Waals surface area contributed by atoms with Crippen LogP contribution >= 0.6 is 0 Å². The van der Waals surface area contributed by atoms with E-state index in [4.69, 9.17) is 15.6 Å². The smallest absolute Gasteiger partial charge is 0.407 e. The van der Waals surface area contributed by atoms with Crippen LogP contribution in [0.15, 0.2) is 65.8 Å². The maximum absolute atomic E-state index is 14.2. The van der Waals surface area contributed by atoms with Gasteiger partial charge in [-0.05, 0) is 93.8 Å². The molecule has 4 fully saturated rings. The summed E-state index contributed by atoms with van der Waals surface area (Å²) in [4.78, 5) is 75.2. The summed E-state index contributed by atoms with van der Waals surface area (Å²) in [5.74, 6) is -8.17. The number of halogens is 6. The lowest BCUT2D eigenvalue weighted by Gasteiger charge is -2.27. The van der Waals surface area contributed by atoms with Crippen LogP contribution in [0.1, 0.15) is 67.9 Å². The predicted molar refractivity (Wildman–Crippen MR) is 250 cm³/mol. The molecule has 17 nitrogen and oxygen atoms in total. The molecule has 0 bridgehead atoms. The van der Waals surface area contributed by atoms with Gasteiger partial charge in [0, 0.05) is 100 Å². The largest absolute Gasteiger partial charge is 0.478 e. The van der Waals surface area contributed by atoms with Crippen molar-refractivity contribution in [3.8, 4) is 0 Å². The molecule has 0 spiro atoms. The van der Waals surface area contributed by atoms with Crippen LogP contribution in [0.5, 0.6) is 0 Å². The van der Waals surface area contributed by atoms with Crippen molar-refractivity contribution in [1.82, 2.24) is 25.3 Å². The number of carbonyl (C=O) groups is 6. The van der Waals surface area contributed by atoms with Crippen LogP contribution in [0.3, 0.4) is 0 Å². The third kappa shape index (κ3) is 16.2. The first-order valence-electron chi connectivity index (χ1n) is 23.1. The molecule has 73 heavy (non-hydrogen) atoms. The molecule has 4 aliphatic heterocycles. The van der Waals surface area contributed by atoms with Gasteiger partial charge in [0.15, 0.2) is 33.1 Å². The van der Waals surface area contributed by atoms with E-state index in [0.717, 1.165) is 44.2 Å². The number of nitrogens with one attached hydrogen (secondary N) is 2. The average Bonchev–Trinajstić information content (AvgIpc) is 4.10. The van der Waals surface area contributed by atoms with Gasteiger partial charge < -0.3 is 45.6 Å². The van der Waals surface area contributed by atoms with E-state index in [1.54, 1.807) is 41.5 Å². The van der Waals surface area contributed by atoms with Gasteiger partial charge in [-0.15, -0.1) is 0 Å². The Morgan fingerprint density at radius 2 is 1.38 bits per heavy atom. The van der Waals surface area contributed by atoms with Crippen LogP contribution in [0.4, 0.5) is 31.1 Å². The van der Waals surface area contributed by atoms with Crippen LogP contribution in [0.2, 0.25) is 0 Å². The first-order chi connectivity index (χ1) is 34.2. The van der Waals surface area contributed by atoms with Gasteiger partial charge in [0.1, 0.15) is 23.5 Å². The molecule has 5 N–H and O–H groups in total. The summed E-state index contributed by atoms with van der Waals surface area (Å²) in [5.41, 5.74) is 5.31. The van der Waals surface area contributed by atoms with Crippen molar-refractivity contribution in [3.05, 3.63) is 112 Å². The molecular formula is C49H58F6N6O11S. The number of benzene rings is 3. The molecule has 3 aromatic carbocycles. The summed E-state index contributed by atoms with van der Waals surface area (Å²) < 4.78 is 114. The van der Waals surface area contributed by atoms with Crippen molar-refractivity contribution in [3.63, 3.8) is 0 Å². The number of aliphatic carboxylic acids is 1. The zero-order valence-corrected chi connectivity index (χ0v) is 41.2. The minimum atomic E-state index is -3.46. The molecule has 398 valence electrons. The standard InChI is InChI=1S/C24H26F3N3O4S.C21H28F3N3O3.C4H4O4/c1-35(33,34)18-4-2-3-14(8-18)24(32)29-12-15-5-6-30(22(15)13-29)23(31)10-17(28)7-16-9-20(26)21(27)11-19(16)25;1-21(2,3)30-20(29)26-14(6-13-7-16(23)17(24)9-15(13)22)8-19(28)27-5-4-12-10-25-11-18(12)27;5-3-8-2-1-4(6)7/h2-4,8-9,11,15,17,22H,5-7,10,12-13,28H2,1H3;7,9,12,14,18,25H,4-6,8,10-11H2,1-3H3,(H,26,29);1-3H,(H,6,7)/b;;2-1+/t15-,17+,22+;12-,14+,18+;/m00./s1. The number of rotatable bonds is 14. The number of nitrogens with two attached hydrogens (primary N) is 1. The van der Waals surface area contributed by atoms with Crippen LogP contribution in [-0.4, -0.2) is 140 Å². The number of alkyl carbamates (subject to hydrolysis) is 1. The minimum absolute atomic E-state index is 0.0611. The zero-order valence-electron chi connectivity index (χ0n) is 40.4. The lowest BCUT2D eigenvalue weighted by Crippen LogP contribution is -2.46.